The van der Waals surface area contributed by atoms with Gasteiger partial charge in [0.25, 0.3) is 5.91 Å². The summed E-state index contributed by atoms with van der Waals surface area (Å²) in [6.45, 7) is 11.8. The number of carbonyl (C=O) groups excluding carboxylic acids is 1. The third-order valence-electron chi connectivity index (χ3n) is 3.66. The third kappa shape index (κ3) is 4.42. The summed E-state index contributed by atoms with van der Waals surface area (Å²) in [5.74, 6) is -0.128. The van der Waals surface area contributed by atoms with E-state index in [1.165, 1.54) is 0 Å². The van der Waals surface area contributed by atoms with E-state index < -0.39 is 11.5 Å². The number of nitrogens with one attached hydrogen (secondary N) is 1. The molecule has 0 fully saturated rings. The van der Waals surface area contributed by atoms with E-state index in [0.29, 0.717) is 12.1 Å². The number of pyridine rings is 1. The predicted octanol–water partition coefficient (Wildman–Crippen LogP) is 3.12. The Morgan fingerprint density at radius 1 is 1.43 bits per heavy atom. The Morgan fingerprint density at radius 3 is 2.48 bits per heavy atom. The number of aliphatic hydroxyl groups excluding tert-OH is 1. The van der Waals surface area contributed by atoms with Crippen molar-refractivity contribution in [1.29, 1.82) is 0 Å². The molecule has 1 aromatic heterocycles. The highest BCUT2D eigenvalue weighted by molar-refractivity contribution is 6.32. The Morgan fingerprint density at radius 2 is 2.00 bits per heavy atom. The number of aryl methyl sites for hydroxylation is 2. The quantitative estimate of drug-likeness (QED) is 0.821. The molecule has 0 spiro atoms. The lowest BCUT2D eigenvalue weighted by molar-refractivity contribution is 0.0138. The number of amides is 1. The van der Waals surface area contributed by atoms with Gasteiger partial charge in [-0.25, -0.2) is 4.98 Å². The second kappa shape index (κ2) is 6.75. The number of hydrogen-bond donors (Lipinski definition) is 2. The second-order valence-corrected chi connectivity index (χ2v) is 6.96. The Kier molecular flexibility index (Phi) is 5.76. The molecule has 0 saturated carbocycles. The molecular formula is C16H25ClN2O2. The molecule has 1 atom stereocenters. The largest absolute Gasteiger partial charge is 0.392 e. The smallest absolute Gasteiger partial charge is 0.254 e. The first-order valence-corrected chi connectivity index (χ1v) is 7.54. The summed E-state index contributed by atoms with van der Waals surface area (Å²) in [5, 5.41) is 13.3. The van der Waals surface area contributed by atoms with Gasteiger partial charge in [0.1, 0.15) is 5.15 Å². The fourth-order valence-electron chi connectivity index (χ4n) is 2.47. The van der Waals surface area contributed by atoms with E-state index in [9.17, 15) is 9.90 Å². The molecular weight excluding hydrogens is 288 g/mol. The van der Waals surface area contributed by atoms with Crippen molar-refractivity contribution in [1.82, 2.24) is 10.3 Å². The molecule has 118 valence electrons. The number of halogens is 1. The van der Waals surface area contributed by atoms with Gasteiger partial charge in [0, 0.05) is 17.7 Å². The van der Waals surface area contributed by atoms with E-state index in [-0.39, 0.29) is 17.0 Å². The summed E-state index contributed by atoms with van der Waals surface area (Å²) in [4.78, 5) is 16.4. The number of carbonyl (C=O) groups is 1. The molecule has 4 nitrogen and oxygen atoms in total. The van der Waals surface area contributed by atoms with Crippen LogP contribution in [0, 0.1) is 25.2 Å². The second-order valence-electron chi connectivity index (χ2n) is 6.61. The maximum atomic E-state index is 12.3. The zero-order valence-corrected chi connectivity index (χ0v) is 14.4. The van der Waals surface area contributed by atoms with Crippen molar-refractivity contribution in [3.63, 3.8) is 0 Å². The van der Waals surface area contributed by atoms with Crippen molar-refractivity contribution in [2.75, 3.05) is 6.54 Å². The normalized spacial score (nSPS) is 13.4. The monoisotopic (exact) mass is 312 g/mol. The molecule has 1 aromatic rings. The lowest BCUT2D eigenvalue weighted by Gasteiger charge is -2.33. The van der Waals surface area contributed by atoms with Crippen LogP contribution in [0.25, 0.3) is 0 Å². The SMILES string of the molecule is Cc1cc(C)c(C(=O)NCC(C)(C)C(O)C(C)C)c(Cl)n1. The van der Waals surface area contributed by atoms with E-state index >= 15 is 0 Å². The number of rotatable bonds is 5. The molecule has 0 aliphatic carbocycles. The summed E-state index contributed by atoms with van der Waals surface area (Å²) < 4.78 is 0. The van der Waals surface area contributed by atoms with E-state index in [1.807, 2.05) is 47.6 Å². The topological polar surface area (TPSA) is 62.2 Å². The van der Waals surface area contributed by atoms with Gasteiger partial charge < -0.3 is 10.4 Å². The van der Waals surface area contributed by atoms with Gasteiger partial charge in [-0.2, -0.15) is 0 Å². The van der Waals surface area contributed by atoms with Crippen molar-refractivity contribution >= 4 is 17.5 Å². The Bertz CT molecular complexity index is 504. The zero-order valence-electron chi connectivity index (χ0n) is 13.6. The molecule has 0 aliphatic rings. The minimum atomic E-state index is -0.495. The van der Waals surface area contributed by atoms with Gasteiger partial charge in [-0.05, 0) is 31.4 Å². The minimum absolute atomic E-state index is 0.128. The van der Waals surface area contributed by atoms with E-state index in [4.69, 9.17) is 11.6 Å². The van der Waals surface area contributed by atoms with Crippen molar-refractivity contribution in [3.05, 3.63) is 28.0 Å². The molecule has 21 heavy (non-hydrogen) atoms. The van der Waals surface area contributed by atoms with Gasteiger partial charge in [0.2, 0.25) is 0 Å². The van der Waals surface area contributed by atoms with Gasteiger partial charge >= 0.3 is 0 Å². The van der Waals surface area contributed by atoms with Crippen LogP contribution in [-0.4, -0.2) is 28.6 Å². The minimum Gasteiger partial charge on any atom is -0.392 e. The van der Waals surface area contributed by atoms with Crippen LogP contribution in [0.2, 0.25) is 5.15 Å². The van der Waals surface area contributed by atoms with Gasteiger partial charge in [-0.15, -0.1) is 0 Å². The molecule has 0 aliphatic heterocycles. The molecule has 0 bridgehead atoms. The highest BCUT2D eigenvalue weighted by Crippen LogP contribution is 2.25. The Hall–Kier alpha value is -1.13. The first-order chi connectivity index (χ1) is 9.56. The van der Waals surface area contributed by atoms with Crippen molar-refractivity contribution < 1.29 is 9.90 Å². The summed E-state index contributed by atoms with van der Waals surface area (Å²) >= 11 is 6.07. The predicted molar refractivity (Wildman–Crippen MR) is 85.7 cm³/mol. The molecule has 1 heterocycles. The van der Waals surface area contributed by atoms with Crippen molar-refractivity contribution in [2.45, 2.75) is 47.6 Å². The van der Waals surface area contributed by atoms with Gasteiger partial charge in [0.05, 0.1) is 11.7 Å². The van der Waals surface area contributed by atoms with Gasteiger partial charge in [-0.3, -0.25) is 4.79 Å². The van der Waals surface area contributed by atoms with Gasteiger partial charge in [0.15, 0.2) is 0 Å². The van der Waals surface area contributed by atoms with Crippen LogP contribution in [-0.2, 0) is 0 Å². The number of nitrogens with zero attached hydrogens (tertiary/aromatic N) is 1. The zero-order chi connectivity index (χ0) is 16.4. The maximum absolute atomic E-state index is 12.3. The van der Waals surface area contributed by atoms with E-state index in [2.05, 4.69) is 10.3 Å². The van der Waals surface area contributed by atoms with Crippen LogP contribution < -0.4 is 5.32 Å². The summed E-state index contributed by atoms with van der Waals surface area (Å²) in [6, 6.07) is 1.83. The van der Waals surface area contributed by atoms with Crippen LogP contribution in [0.4, 0.5) is 0 Å². The Balaban J connectivity index is 2.84. The van der Waals surface area contributed by atoms with Crippen molar-refractivity contribution in [3.8, 4) is 0 Å². The first kappa shape index (κ1) is 17.9. The fourth-order valence-corrected chi connectivity index (χ4v) is 2.84. The fraction of sp³-hybridized carbons (Fsp3) is 0.625. The molecule has 2 N–H and O–H groups in total. The highest BCUT2D eigenvalue weighted by atomic mass is 35.5. The number of aliphatic hydroxyl groups is 1. The van der Waals surface area contributed by atoms with E-state index in [0.717, 1.165) is 11.3 Å². The third-order valence-corrected chi connectivity index (χ3v) is 3.94. The maximum Gasteiger partial charge on any atom is 0.254 e. The Labute approximate surface area is 131 Å². The summed E-state index contributed by atoms with van der Waals surface area (Å²) in [7, 11) is 0. The molecule has 5 heteroatoms. The number of hydrogen-bond acceptors (Lipinski definition) is 3. The molecule has 1 rings (SSSR count). The molecule has 1 unspecified atom stereocenters. The molecule has 1 amide bonds. The number of aromatic nitrogens is 1. The van der Waals surface area contributed by atoms with Crippen LogP contribution in [0.3, 0.4) is 0 Å². The van der Waals surface area contributed by atoms with Gasteiger partial charge in [-0.1, -0.05) is 39.3 Å². The lowest BCUT2D eigenvalue weighted by atomic mass is 9.80. The summed E-state index contributed by atoms with van der Waals surface area (Å²) in [6.07, 6.45) is -0.495. The average molecular weight is 313 g/mol. The van der Waals surface area contributed by atoms with Crippen molar-refractivity contribution in [2.24, 2.45) is 11.3 Å². The van der Waals surface area contributed by atoms with Crippen LogP contribution in [0.1, 0.15) is 49.3 Å². The highest BCUT2D eigenvalue weighted by Gasteiger charge is 2.31. The average Bonchev–Trinajstić information content (AvgIpc) is 2.34. The standard InChI is InChI=1S/C16H25ClN2O2/c1-9(2)13(20)16(5,6)8-18-15(21)12-10(3)7-11(4)19-14(12)17/h7,9,13,20H,8H2,1-6H3,(H,18,21). The van der Waals surface area contributed by atoms with Crippen LogP contribution in [0.5, 0.6) is 0 Å². The molecule has 0 saturated heterocycles. The van der Waals surface area contributed by atoms with Crippen LogP contribution in [0.15, 0.2) is 6.07 Å². The molecule has 0 radical (unpaired) electrons. The molecule has 0 aromatic carbocycles. The lowest BCUT2D eigenvalue weighted by Crippen LogP contribution is -2.43. The first-order valence-electron chi connectivity index (χ1n) is 7.16. The van der Waals surface area contributed by atoms with Crippen LogP contribution >= 0.6 is 11.6 Å². The van der Waals surface area contributed by atoms with E-state index in [1.54, 1.807) is 0 Å². The summed E-state index contributed by atoms with van der Waals surface area (Å²) in [5.41, 5.74) is 1.57.